The van der Waals surface area contributed by atoms with Crippen LogP contribution in [0.4, 0.5) is 4.39 Å². The van der Waals surface area contributed by atoms with Crippen LogP contribution < -0.4 is 10.5 Å². The van der Waals surface area contributed by atoms with E-state index < -0.39 is 5.82 Å². The molecule has 0 aliphatic carbocycles. The summed E-state index contributed by atoms with van der Waals surface area (Å²) in [6.45, 7) is 1.37. The van der Waals surface area contributed by atoms with Crippen molar-refractivity contribution in [2.75, 3.05) is 19.7 Å². The van der Waals surface area contributed by atoms with Gasteiger partial charge in [-0.25, -0.2) is 4.39 Å². The number of ether oxygens (including phenoxy) is 1. The Bertz CT molecular complexity index is 667. The van der Waals surface area contributed by atoms with Gasteiger partial charge in [0.15, 0.2) is 6.61 Å². The highest BCUT2D eigenvalue weighted by Gasteiger charge is 2.15. The molecule has 1 amide bonds. The minimum Gasteiger partial charge on any atom is -0.482 e. The average molecular weight is 351 g/mol. The van der Waals surface area contributed by atoms with Gasteiger partial charge in [-0.3, -0.25) is 4.79 Å². The molecule has 0 heterocycles. The average Bonchev–Trinajstić information content (AvgIpc) is 2.58. The fraction of sp³-hybridized carbons (Fsp3) is 0.278. The van der Waals surface area contributed by atoms with E-state index in [4.69, 9.17) is 22.1 Å². The smallest absolute Gasteiger partial charge is 0.260 e. The van der Waals surface area contributed by atoms with Gasteiger partial charge in [-0.15, -0.1) is 0 Å². The largest absolute Gasteiger partial charge is 0.482 e. The maximum atomic E-state index is 13.0. The third-order valence-corrected chi connectivity index (χ3v) is 3.74. The first-order valence-corrected chi connectivity index (χ1v) is 8.07. The van der Waals surface area contributed by atoms with Crippen LogP contribution in [0.3, 0.4) is 0 Å². The molecule has 0 aromatic heterocycles. The molecule has 0 atom stereocenters. The summed E-state index contributed by atoms with van der Waals surface area (Å²) < 4.78 is 18.5. The molecule has 0 radical (unpaired) electrons. The predicted molar refractivity (Wildman–Crippen MR) is 92.4 cm³/mol. The standard InChI is InChI=1S/C18H20ClFN2O2/c19-16-11-15(20)7-8-17(16)24-13-18(23)22(10-4-9-21)12-14-5-2-1-3-6-14/h1-3,5-8,11H,4,9-10,12-13,21H2. The Morgan fingerprint density at radius 2 is 1.96 bits per heavy atom. The van der Waals surface area contributed by atoms with Gasteiger partial charge in [0, 0.05) is 13.1 Å². The van der Waals surface area contributed by atoms with Crippen molar-refractivity contribution in [3.8, 4) is 5.75 Å². The van der Waals surface area contributed by atoms with Crippen LogP contribution in [0.1, 0.15) is 12.0 Å². The van der Waals surface area contributed by atoms with Crippen LogP contribution in [-0.4, -0.2) is 30.5 Å². The van der Waals surface area contributed by atoms with E-state index in [2.05, 4.69) is 0 Å². The lowest BCUT2D eigenvalue weighted by atomic mass is 10.2. The zero-order chi connectivity index (χ0) is 17.4. The highest BCUT2D eigenvalue weighted by molar-refractivity contribution is 6.32. The predicted octanol–water partition coefficient (Wildman–Crippen LogP) is 3.24. The second-order valence-electron chi connectivity index (χ2n) is 5.31. The highest BCUT2D eigenvalue weighted by Crippen LogP contribution is 2.24. The van der Waals surface area contributed by atoms with Gasteiger partial charge in [0.05, 0.1) is 5.02 Å². The van der Waals surface area contributed by atoms with Crippen LogP contribution in [0.5, 0.6) is 5.75 Å². The van der Waals surface area contributed by atoms with Crippen LogP contribution in [0.25, 0.3) is 0 Å². The number of benzene rings is 2. The number of nitrogens with zero attached hydrogens (tertiary/aromatic N) is 1. The number of carbonyl (C=O) groups is 1. The van der Waals surface area contributed by atoms with E-state index in [-0.39, 0.29) is 23.3 Å². The number of hydrogen-bond donors (Lipinski definition) is 1. The van der Waals surface area contributed by atoms with Gasteiger partial charge >= 0.3 is 0 Å². The zero-order valence-corrected chi connectivity index (χ0v) is 14.0. The van der Waals surface area contributed by atoms with Crippen molar-refractivity contribution >= 4 is 17.5 Å². The molecule has 128 valence electrons. The van der Waals surface area contributed by atoms with Crippen LogP contribution in [0, 0.1) is 5.82 Å². The Morgan fingerprint density at radius 3 is 2.62 bits per heavy atom. The van der Waals surface area contributed by atoms with Gasteiger partial charge in [-0.2, -0.15) is 0 Å². The molecule has 0 bridgehead atoms. The molecule has 2 aromatic rings. The molecule has 0 spiro atoms. The molecule has 2 aromatic carbocycles. The third-order valence-electron chi connectivity index (χ3n) is 3.45. The first kappa shape index (κ1) is 18.2. The fourth-order valence-electron chi connectivity index (χ4n) is 2.20. The molecule has 0 aliphatic rings. The summed E-state index contributed by atoms with van der Waals surface area (Å²) in [5.41, 5.74) is 6.58. The highest BCUT2D eigenvalue weighted by atomic mass is 35.5. The number of nitrogens with two attached hydrogens (primary N) is 1. The Morgan fingerprint density at radius 1 is 1.21 bits per heavy atom. The Kier molecular flexibility index (Phi) is 7.03. The molecular weight excluding hydrogens is 331 g/mol. The first-order chi connectivity index (χ1) is 11.6. The summed E-state index contributed by atoms with van der Waals surface area (Å²) in [6.07, 6.45) is 0.704. The SMILES string of the molecule is NCCCN(Cc1ccccc1)C(=O)COc1ccc(F)cc1Cl. The van der Waals surface area contributed by atoms with E-state index in [1.165, 1.54) is 12.1 Å². The summed E-state index contributed by atoms with van der Waals surface area (Å²) in [6, 6.07) is 13.5. The summed E-state index contributed by atoms with van der Waals surface area (Å²) in [4.78, 5) is 14.1. The van der Waals surface area contributed by atoms with Gasteiger partial charge in [0.25, 0.3) is 5.91 Å². The first-order valence-electron chi connectivity index (χ1n) is 7.70. The molecule has 6 heteroatoms. The Hall–Kier alpha value is -2.11. The molecule has 0 unspecified atom stereocenters. The van der Waals surface area contributed by atoms with Crippen LogP contribution in [-0.2, 0) is 11.3 Å². The van der Waals surface area contributed by atoms with Crippen LogP contribution in [0.15, 0.2) is 48.5 Å². The van der Waals surface area contributed by atoms with Crippen molar-refractivity contribution < 1.29 is 13.9 Å². The summed E-state index contributed by atoms with van der Waals surface area (Å²) >= 11 is 5.90. The van der Waals surface area contributed by atoms with Crippen molar-refractivity contribution in [1.82, 2.24) is 4.90 Å². The Balaban J connectivity index is 1.98. The van der Waals surface area contributed by atoms with Crippen molar-refractivity contribution in [2.24, 2.45) is 5.73 Å². The maximum absolute atomic E-state index is 13.0. The monoisotopic (exact) mass is 350 g/mol. The summed E-state index contributed by atoms with van der Waals surface area (Å²) in [5, 5.41) is 0.138. The van der Waals surface area contributed by atoms with Gasteiger partial charge < -0.3 is 15.4 Å². The van der Waals surface area contributed by atoms with Gasteiger partial charge in [0.2, 0.25) is 0 Å². The maximum Gasteiger partial charge on any atom is 0.260 e. The van der Waals surface area contributed by atoms with Crippen molar-refractivity contribution in [3.05, 3.63) is 64.9 Å². The molecule has 4 nitrogen and oxygen atoms in total. The minimum absolute atomic E-state index is 0.138. The number of carbonyl (C=O) groups excluding carboxylic acids is 1. The second-order valence-corrected chi connectivity index (χ2v) is 5.71. The molecule has 0 saturated heterocycles. The molecule has 0 aliphatic heterocycles. The van der Waals surface area contributed by atoms with E-state index >= 15 is 0 Å². The quantitative estimate of drug-likeness (QED) is 0.795. The summed E-state index contributed by atoms with van der Waals surface area (Å²) in [5.74, 6) is -0.343. The molecule has 2 rings (SSSR count). The van der Waals surface area contributed by atoms with Crippen LogP contribution >= 0.6 is 11.6 Å². The van der Waals surface area contributed by atoms with Gasteiger partial charge in [0.1, 0.15) is 11.6 Å². The lowest BCUT2D eigenvalue weighted by Gasteiger charge is -2.23. The normalized spacial score (nSPS) is 10.5. The zero-order valence-electron chi connectivity index (χ0n) is 13.3. The number of amides is 1. The van der Waals surface area contributed by atoms with Gasteiger partial charge in [-0.05, 0) is 36.7 Å². The fourth-order valence-corrected chi connectivity index (χ4v) is 2.42. The second kappa shape index (κ2) is 9.25. The lowest BCUT2D eigenvalue weighted by Crippen LogP contribution is -2.36. The lowest BCUT2D eigenvalue weighted by molar-refractivity contribution is -0.134. The van der Waals surface area contributed by atoms with Crippen molar-refractivity contribution in [3.63, 3.8) is 0 Å². The molecular formula is C18H20ClFN2O2. The van der Waals surface area contributed by atoms with E-state index in [1.54, 1.807) is 4.90 Å². The molecule has 0 saturated carbocycles. The van der Waals surface area contributed by atoms with E-state index in [0.29, 0.717) is 26.1 Å². The van der Waals surface area contributed by atoms with E-state index in [9.17, 15) is 9.18 Å². The molecule has 24 heavy (non-hydrogen) atoms. The number of hydrogen-bond acceptors (Lipinski definition) is 3. The topological polar surface area (TPSA) is 55.6 Å². The Labute approximate surface area is 146 Å². The summed E-state index contributed by atoms with van der Waals surface area (Å²) in [7, 11) is 0. The minimum atomic E-state index is -0.452. The van der Waals surface area contributed by atoms with Gasteiger partial charge in [-0.1, -0.05) is 41.9 Å². The molecule has 2 N–H and O–H groups in total. The molecule has 0 fully saturated rings. The van der Waals surface area contributed by atoms with Crippen molar-refractivity contribution in [2.45, 2.75) is 13.0 Å². The van der Waals surface area contributed by atoms with Crippen LogP contribution in [0.2, 0.25) is 5.02 Å². The van der Waals surface area contributed by atoms with E-state index in [0.717, 1.165) is 11.6 Å². The van der Waals surface area contributed by atoms with Crippen molar-refractivity contribution in [1.29, 1.82) is 0 Å². The number of rotatable bonds is 8. The van der Waals surface area contributed by atoms with E-state index in [1.807, 2.05) is 30.3 Å². The number of halogens is 2. The third kappa shape index (κ3) is 5.51.